The van der Waals surface area contributed by atoms with E-state index in [-0.39, 0.29) is 12.0 Å². The third kappa shape index (κ3) is 6.60. The van der Waals surface area contributed by atoms with E-state index in [1.165, 1.54) is 12.8 Å². The van der Waals surface area contributed by atoms with Gasteiger partial charge in [0, 0.05) is 46.9 Å². The van der Waals surface area contributed by atoms with Crippen molar-refractivity contribution >= 4 is 36.3 Å². The Bertz CT molecular complexity index is 475. The molecule has 1 aliphatic rings. The Morgan fingerprint density at radius 1 is 1.35 bits per heavy atom. The standard InChI is InChI=1S/C17H25IN2O2S/c1-2-3-9-19-10-11-20(23-18)13-16(19)12-17(21)22-14-15-7-5-4-6-8-15/h4-8,16H,2-3,9-14H2,1H3. The maximum atomic E-state index is 12.2. The van der Waals surface area contributed by atoms with E-state index in [0.717, 1.165) is 31.7 Å². The quantitative estimate of drug-likeness (QED) is 0.342. The molecular formula is C17H25IN2O2S. The first-order chi connectivity index (χ1) is 11.2. The molecule has 0 aromatic heterocycles. The van der Waals surface area contributed by atoms with E-state index >= 15 is 0 Å². The number of unbranched alkanes of at least 4 members (excludes halogenated alkanes) is 1. The number of nitrogens with zero attached hydrogens (tertiary/aromatic N) is 2. The molecule has 0 N–H and O–H groups in total. The average Bonchev–Trinajstić information content (AvgIpc) is 2.59. The predicted molar refractivity (Wildman–Crippen MR) is 104 cm³/mol. The van der Waals surface area contributed by atoms with Gasteiger partial charge in [-0.05, 0) is 27.6 Å². The minimum absolute atomic E-state index is 0.0966. The normalized spacial score (nSPS) is 19.7. The lowest BCUT2D eigenvalue weighted by molar-refractivity contribution is -0.146. The molecule has 2 rings (SSSR count). The predicted octanol–water partition coefficient (Wildman–Crippen LogP) is 3.90. The second-order valence-electron chi connectivity index (χ2n) is 5.85. The lowest BCUT2D eigenvalue weighted by Gasteiger charge is -2.39. The molecule has 1 aromatic rings. The topological polar surface area (TPSA) is 32.8 Å². The van der Waals surface area contributed by atoms with Crippen LogP contribution in [0, 0.1) is 0 Å². The van der Waals surface area contributed by atoms with E-state index in [0.29, 0.717) is 13.0 Å². The van der Waals surface area contributed by atoms with Crippen LogP contribution >= 0.6 is 30.3 Å². The summed E-state index contributed by atoms with van der Waals surface area (Å²) in [6.07, 6.45) is 2.85. The molecule has 128 valence electrons. The summed E-state index contributed by atoms with van der Waals surface area (Å²) in [6, 6.07) is 10.1. The van der Waals surface area contributed by atoms with Gasteiger partial charge >= 0.3 is 5.97 Å². The Morgan fingerprint density at radius 2 is 2.13 bits per heavy atom. The molecule has 6 heteroatoms. The molecule has 1 saturated heterocycles. The number of rotatable bonds is 8. The minimum Gasteiger partial charge on any atom is -0.461 e. The van der Waals surface area contributed by atoms with Crippen molar-refractivity contribution in [3.8, 4) is 0 Å². The monoisotopic (exact) mass is 448 g/mol. The summed E-state index contributed by atoms with van der Waals surface area (Å²) in [5, 5.41) is 0. The smallest absolute Gasteiger partial charge is 0.307 e. The highest BCUT2D eigenvalue weighted by Gasteiger charge is 2.28. The molecular weight excluding hydrogens is 423 g/mol. The molecule has 1 aliphatic heterocycles. The zero-order chi connectivity index (χ0) is 16.5. The number of benzene rings is 1. The number of carbonyl (C=O) groups is 1. The Balaban J connectivity index is 1.84. The van der Waals surface area contributed by atoms with Crippen LogP contribution in [0.1, 0.15) is 31.7 Å². The van der Waals surface area contributed by atoms with Crippen molar-refractivity contribution in [1.29, 1.82) is 0 Å². The second kappa shape index (κ2) is 10.5. The molecule has 0 aliphatic carbocycles. The number of carbonyl (C=O) groups excluding carboxylic acids is 1. The summed E-state index contributed by atoms with van der Waals surface area (Å²) in [6.45, 7) is 6.68. The van der Waals surface area contributed by atoms with Crippen LogP contribution in [0.4, 0.5) is 0 Å². The van der Waals surface area contributed by atoms with Crippen LogP contribution in [0.3, 0.4) is 0 Å². The molecule has 1 fully saturated rings. The number of hydrogen-bond donors (Lipinski definition) is 0. The summed E-state index contributed by atoms with van der Waals surface area (Å²) in [4.78, 5) is 14.7. The molecule has 0 radical (unpaired) electrons. The molecule has 0 bridgehead atoms. The number of hydrogen-bond acceptors (Lipinski definition) is 5. The Morgan fingerprint density at radius 3 is 2.83 bits per heavy atom. The molecule has 0 amide bonds. The fraction of sp³-hybridized carbons (Fsp3) is 0.588. The van der Waals surface area contributed by atoms with Crippen molar-refractivity contribution < 1.29 is 9.53 Å². The SMILES string of the molecule is CCCCN1CCN(SI)CC1CC(=O)OCc1ccccc1. The number of halogens is 1. The summed E-state index contributed by atoms with van der Waals surface area (Å²) in [5.74, 6) is -0.0966. The van der Waals surface area contributed by atoms with Crippen LogP contribution < -0.4 is 0 Å². The maximum Gasteiger partial charge on any atom is 0.307 e. The molecule has 0 saturated carbocycles. The highest BCUT2D eigenvalue weighted by atomic mass is 127. The van der Waals surface area contributed by atoms with Crippen LogP contribution in [0.15, 0.2) is 30.3 Å². The molecule has 1 heterocycles. The van der Waals surface area contributed by atoms with Gasteiger partial charge in [0.05, 0.1) is 6.42 Å². The molecule has 1 atom stereocenters. The van der Waals surface area contributed by atoms with Crippen molar-refractivity contribution in [2.75, 3.05) is 26.2 Å². The van der Waals surface area contributed by atoms with Gasteiger partial charge in [-0.3, -0.25) is 9.69 Å². The molecule has 0 spiro atoms. The second-order valence-corrected chi connectivity index (χ2v) is 7.69. The first-order valence-corrected chi connectivity index (χ1v) is 11.5. The van der Waals surface area contributed by atoms with E-state index in [2.05, 4.69) is 37.3 Å². The van der Waals surface area contributed by atoms with Gasteiger partial charge in [0.25, 0.3) is 0 Å². The highest BCUT2D eigenvalue weighted by molar-refractivity contribution is 14.2. The first kappa shape index (κ1) is 19.0. The zero-order valence-corrected chi connectivity index (χ0v) is 16.6. The molecule has 23 heavy (non-hydrogen) atoms. The van der Waals surface area contributed by atoms with E-state index in [9.17, 15) is 4.79 Å². The van der Waals surface area contributed by atoms with Crippen molar-refractivity contribution in [3.63, 3.8) is 0 Å². The van der Waals surface area contributed by atoms with Gasteiger partial charge < -0.3 is 4.74 Å². The van der Waals surface area contributed by atoms with Crippen LogP contribution in [0.25, 0.3) is 0 Å². The van der Waals surface area contributed by atoms with Crippen molar-refractivity contribution in [3.05, 3.63) is 35.9 Å². The van der Waals surface area contributed by atoms with Crippen molar-refractivity contribution in [1.82, 2.24) is 9.21 Å². The highest BCUT2D eigenvalue weighted by Crippen LogP contribution is 2.24. The van der Waals surface area contributed by atoms with Crippen LogP contribution in [0.2, 0.25) is 0 Å². The molecule has 1 unspecified atom stereocenters. The van der Waals surface area contributed by atoms with Crippen molar-refractivity contribution in [2.45, 2.75) is 38.8 Å². The third-order valence-corrected chi connectivity index (χ3v) is 6.31. The van der Waals surface area contributed by atoms with Crippen LogP contribution in [0.5, 0.6) is 0 Å². The van der Waals surface area contributed by atoms with Gasteiger partial charge in [-0.2, -0.15) is 0 Å². The summed E-state index contributed by atoms with van der Waals surface area (Å²) >= 11 is 2.32. The van der Waals surface area contributed by atoms with Gasteiger partial charge in [-0.25, -0.2) is 4.31 Å². The fourth-order valence-electron chi connectivity index (χ4n) is 2.77. The number of ether oxygens (including phenoxy) is 1. The van der Waals surface area contributed by atoms with E-state index in [4.69, 9.17) is 4.74 Å². The fourth-order valence-corrected chi connectivity index (χ4v) is 4.22. The maximum absolute atomic E-state index is 12.2. The van der Waals surface area contributed by atoms with Crippen LogP contribution in [-0.2, 0) is 16.1 Å². The van der Waals surface area contributed by atoms with Gasteiger partial charge in [0.15, 0.2) is 0 Å². The third-order valence-electron chi connectivity index (χ3n) is 4.11. The summed E-state index contributed by atoms with van der Waals surface area (Å²) < 4.78 is 7.79. The van der Waals surface area contributed by atoms with Gasteiger partial charge in [-0.1, -0.05) is 43.7 Å². The Labute approximate surface area is 155 Å². The van der Waals surface area contributed by atoms with Gasteiger partial charge in [0.2, 0.25) is 0 Å². The zero-order valence-electron chi connectivity index (χ0n) is 13.6. The average molecular weight is 448 g/mol. The lowest BCUT2D eigenvalue weighted by atomic mass is 10.1. The molecule has 4 nitrogen and oxygen atoms in total. The van der Waals surface area contributed by atoms with E-state index in [1.54, 1.807) is 9.12 Å². The van der Waals surface area contributed by atoms with E-state index in [1.807, 2.05) is 30.3 Å². The Hall–Kier alpha value is -0.310. The first-order valence-electron chi connectivity index (χ1n) is 8.20. The van der Waals surface area contributed by atoms with Crippen molar-refractivity contribution in [2.24, 2.45) is 0 Å². The largest absolute Gasteiger partial charge is 0.461 e. The van der Waals surface area contributed by atoms with Gasteiger partial charge in [0.1, 0.15) is 6.61 Å². The Kier molecular flexibility index (Phi) is 8.71. The van der Waals surface area contributed by atoms with E-state index < -0.39 is 0 Å². The summed E-state index contributed by atoms with van der Waals surface area (Å²) in [5.41, 5.74) is 1.04. The number of piperazine rings is 1. The molecule has 1 aromatic carbocycles. The summed E-state index contributed by atoms with van der Waals surface area (Å²) in [7, 11) is 1.74. The van der Waals surface area contributed by atoms with Gasteiger partial charge in [-0.15, -0.1) is 0 Å². The minimum atomic E-state index is -0.0966. The van der Waals surface area contributed by atoms with Crippen LogP contribution in [-0.4, -0.2) is 47.4 Å². The number of esters is 1. The lowest BCUT2D eigenvalue weighted by Crippen LogP contribution is -2.51.